The van der Waals surface area contributed by atoms with E-state index in [4.69, 9.17) is 4.74 Å². The van der Waals surface area contributed by atoms with Crippen LogP contribution >= 0.6 is 0 Å². The fraction of sp³-hybridized carbons (Fsp3) is 0.917. The summed E-state index contributed by atoms with van der Waals surface area (Å²) >= 11 is 0. The van der Waals surface area contributed by atoms with Crippen LogP contribution < -0.4 is 5.32 Å². The highest BCUT2D eigenvalue weighted by molar-refractivity contribution is 5.69. The van der Waals surface area contributed by atoms with E-state index < -0.39 is 0 Å². The second-order valence-electron chi connectivity index (χ2n) is 5.04. The van der Waals surface area contributed by atoms with Crippen LogP contribution in [0.15, 0.2) is 0 Å². The van der Waals surface area contributed by atoms with Crippen molar-refractivity contribution in [1.82, 2.24) is 5.32 Å². The monoisotopic (exact) mass is 211 g/mol. The lowest BCUT2D eigenvalue weighted by atomic mass is 9.79. The van der Waals surface area contributed by atoms with E-state index in [0.29, 0.717) is 18.4 Å². The molecule has 0 spiro atoms. The fourth-order valence-corrected chi connectivity index (χ4v) is 3.12. The van der Waals surface area contributed by atoms with Crippen LogP contribution in [0.3, 0.4) is 0 Å². The number of piperidine rings is 1. The van der Waals surface area contributed by atoms with Crippen LogP contribution in [0.2, 0.25) is 0 Å². The molecule has 2 aliphatic rings. The largest absolute Gasteiger partial charge is 0.466 e. The van der Waals surface area contributed by atoms with Gasteiger partial charge in [0.1, 0.15) is 0 Å². The topological polar surface area (TPSA) is 38.3 Å². The zero-order valence-corrected chi connectivity index (χ0v) is 9.55. The third kappa shape index (κ3) is 2.51. The van der Waals surface area contributed by atoms with Gasteiger partial charge in [-0.3, -0.25) is 4.79 Å². The number of fused-ring (bicyclic) bond motifs is 2. The molecule has 0 aromatic carbocycles. The predicted octanol–water partition coefficient (Wildman–Crippen LogP) is 1.72. The summed E-state index contributed by atoms with van der Waals surface area (Å²) in [6.07, 6.45) is 5.57. The maximum Gasteiger partial charge on any atom is 0.305 e. The van der Waals surface area contributed by atoms with Crippen molar-refractivity contribution in [1.29, 1.82) is 0 Å². The van der Waals surface area contributed by atoms with E-state index in [1.54, 1.807) is 0 Å². The Morgan fingerprint density at radius 3 is 3.27 bits per heavy atom. The molecule has 1 saturated heterocycles. The third-order valence-corrected chi connectivity index (χ3v) is 3.90. The zero-order valence-electron chi connectivity index (χ0n) is 9.55. The number of hydrogen-bond donors (Lipinski definition) is 1. The Hall–Kier alpha value is -0.570. The lowest BCUT2D eigenvalue weighted by molar-refractivity contribution is -0.143. The Morgan fingerprint density at radius 2 is 2.47 bits per heavy atom. The maximum absolute atomic E-state index is 11.3. The molecule has 0 aromatic rings. The molecule has 0 amide bonds. The minimum Gasteiger partial charge on any atom is -0.466 e. The average molecular weight is 211 g/mol. The second kappa shape index (κ2) is 4.52. The van der Waals surface area contributed by atoms with Gasteiger partial charge in [0.25, 0.3) is 0 Å². The molecule has 1 aliphatic carbocycles. The van der Waals surface area contributed by atoms with E-state index in [1.807, 2.05) is 6.92 Å². The number of ether oxygens (including phenoxy) is 1. The van der Waals surface area contributed by atoms with Gasteiger partial charge >= 0.3 is 5.97 Å². The van der Waals surface area contributed by atoms with Gasteiger partial charge in [0, 0.05) is 13.0 Å². The third-order valence-electron chi connectivity index (χ3n) is 3.90. The van der Waals surface area contributed by atoms with Crippen molar-refractivity contribution in [3.8, 4) is 0 Å². The van der Waals surface area contributed by atoms with E-state index in [-0.39, 0.29) is 5.97 Å². The molecule has 86 valence electrons. The van der Waals surface area contributed by atoms with Crippen molar-refractivity contribution < 1.29 is 9.53 Å². The van der Waals surface area contributed by atoms with E-state index in [0.717, 1.165) is 18.9 Å². The first-order chi connectivity index (χ1) is 7.24. The number of nitrogens with one attached hydrogen (secondary N) is 1. The highest BCUT2D eigenvalue weighted by atomic mass is 16.5. The lowest BCUT2D eigenvalue weighted by Gasteiger charge is -2.33. The van der Waals surface area contributed by atoms with Gasteiger partial charge in [-0.1, -0.05) is 0 Å². The maximum atomic E-state index is 11.3. The molecule has 2 fully saturated rings. The second-order valence-corrected chi connectivity index (χ2v) is 5.04. The van der Waals surface area contributed by atoms with Crippen LogP contribution in [0.4, 0.5) is 0 Å². The number of carbonyl (C=O) groups excluding carboxylic acids is 1. The molecule has 3 nitrogen and oxygen atoms in total. The van der Waals surface area contributed by atoms with E-state index >= 15 is 0 Å². The van der Waals surface area contributed by atoms with Gasteiger partial charge in [-0.05, 0) is 50.5 Å². The molecule has 1 saturated carbocycles. The molecular formula is C12H21NO2. The summed E-state index contributed by atoms with van der Waals surface area (Å²) in [5, 5.41) is 3.49. The summed E-state index contributed by atoms with van der Waals surface area (Å²) in [6, 6.07) is 0. The minimum absolute atomic E-state index is 0.0269. The highest BCUT2D eigenvalue weighted by Crippen LogP contribution is 2.46. The van der Waals surface area contributed by atoms with Gasteiger partial charge in [-0.2, -0.15) is 0 Å². The highest BCUT2D eigenvalue weighted by Gasteiger charge is 2.41. The Kier molecular flexibility index (Phi) is 3.29. The van der Waals surface area contributed by atoms with Crippen molar-refractivity contribution in [2.75, 3.05) is 19.7 Å². The number of hydrogen-bond acceptors (Lipinski definition) is 3. The summed E-state index contributed by atoms with van der Waals surface area (Å²) < 4.78 is 4.98. The van der Waals surface area contributed by atoms with E-state index in [9.17, 15) is 4.79 Å². The molecule has 0 radical (unpaired) electrons. The first-order valence-electron chi connectivity index (χ1n) is 6.10. The van der Waals surface area contributed by atoms with Crippen LogP contribution in [0, 0.1) is 11.3 Å². The average Bonchev–Trinajstić information content (AvgIpc) is 2.53. The summed E-state index contributed by atoms with van der Waals surface area (Å²) in [5.74, 6) is 0.835. The molecule has 15 heavy (non-hydrogen) atoms. The molecule has 2 atom stereocenters. The number of rotatable bonds is 4. The van der Waals surface area contributed by atoms with Crippen LogP contribution in [0.5, 0.6) is 0 Å². The summed E-state index contributed by atoms with van der Waals surface area (Å²) in [5.41, 5.74) is 0.412. The van der Waals surface area contributed by atoms with Gasteiger partial charge in [-0.25, -0.2) is 0 Å². The molecule has 2 unspecified atom stereocenters. The van der Waals surface area contributed by atoms with Crippen LogP contribution in [0.25, 0.3) is 0 Å². The summed E-state index contributed by atoms with van der Waals surface area (Å²) in [4.78, 5) is 11.3. The lowest BCUT2D eigenvalue weighted by Crippen LogP contribution is -2.39. The first kappa shape index (κ1) is 10.9. The molecule has 1 heterocycles. The van der Waals surface area contributed by atoms with Crippen molar-refractivity contribution in [2.45, 2.75) is 39.0 Å². The van der Waals surface area contributed by atoms with E-state index in [1.165, 1.54) is 25.8 Å². The van der Waals surface area contributed by atoms with Crippen molar-refractivity contribution in [3.63, 3.8) is 0 Å². The van der Waals surface area contributed by atoms with Crippen molar-refractivity contribution in [2.24, 2.45) is 11.3 Å². The first-order valence-corrected chi connectivity index (χ1v) is 6.10. The fourth-order valence-electron chi connectivity index (χ4n) is 3.12. The normalized spacial score (nSPS) is 34.1. The van der Waals surface area contributed by atoms with Crippen LogP contribution in [-0.4, -0.2) is 25.7 Å². The summed E-state index contributed by atoms with van der Waals surface area (Å²) in [7, 11) is 0. The Morgan fingerprint density at radius 1 is 1.60 bits per heavy atom. The standard InChI is InChI=1S/C12H21NO2/c1-2-15-11(14)4-6-12-5-3-10(7-12)8-13-9-12/h10,13H,2-9H2,1H3. The molecule has 2 bridgehead atoms. The van der Waals surface area contributed by atoms with Gasteiger partial charge in [-0.15, -0.1) is 0 Å². The zero-order chi connectivity index (χ0) is 10.7. The SMILES string of the molecule is CCOC(=O)CCC12CCC(CNC1)C2. The molecule has 3 heteroatoms. The Bertz CT molecular complexity index is 238. The number of esters is 1. The smallest absolute Gasteiger partial charge is 0.305 e. The van der Waals surface area contributed by atoms with Crippen LogP contribution in [0.1, 0.15) is 39.0 Å². The summed E-state index contributed by atoms with van der Waals surface area (Å²) in [6.45, 7) is 4.65. The Balaban J connectivity index is 1.80. The molecule has 0 aromatic heterocycles. The minimum atomic E-state index is -0.0269. The van der Waals surface area contributed by atoms with Crippen molar-refractivity contribution >= 4 is 5.97 Å². The van der Waals surface area contributed by atoms with Crippen LogP contribution in [-0.2, 0) is 9.53 Å². The van der Waals surface area contributed by atoms with Gasteiger partial charge in [0.05, 0.1) is 6.61 Å². The molecular weight excluding hydrogens is 190 g/mol. The van der Waals surface area contributed by atoms with Gasteiger partial charge in [0.2, 0.25) is 0 Å². The van der Waals surface area contributed by atoms with Gasteiger partial charge in [0.15, 0.2) is 0 Å². The molecule has 1 N–H and O–H groups in total. The van der Waals surface area contributed by atoms with E-state index in [2.05, 4.69) is 5.32 Å². The molecule has 2 rings (SSSR count). The quantitative estimate of drug-likeness (QED) is 0.720. The number of carbonyl (C=O) groups is 1. The Labute approximate surface area is 91.6 Å². The van der Waals surface area contributed by atoms with Crippen molar-refractivity contribution in [3.05, 3.63) is 0 Å². The molecule has 1 aliphatic heterocycles. The predicted molar refractivity (Wildman–Crippen MR) is 58.5 cm³/mol. The van der Waals surface area contributed by atoms with Gasteiger partial charge < -0.3 is 10.1 Å².